The van der Waals surface area contributed by atoms with Crippen LogP contribution in [0, 0.1) is 13.8 Å². The van der Waals surface area contributed by atoms with Gasteiger partial charge in [-0.25, -0.2) is 0 Å². The largest absolute Gasteiger partial charge is 0.471 e. The van der Waals surface area contributed by atoms with Crippen LogP contribution in [0.3, 0.4) is 0 Å². The van der Waals surface area contributed by atoms with Gasteiger partial charge in [-0.05, 0) is 30.5 Å². The Balaban J connectivity index is 2.32. The number of alkyl halides is 3. The standard InChI is InChI=1S/C16H18F3NO2/c1-4-5-22-13-8-12(20-15(21)16(17,18)19)11-7-9(2)6-10(3)14(11)13/h4,6-7,12-13H,1,5,8H2,2-3H3,(H,20,21). The van der Waals surface area contributed by atoms with Gasteiger partial charge in [0.15, 0.2) is 0 Å². The summed E-state index contributed by atoms with van der Waals surface area (Å²) in [6, 6.07) is 3.07. The average Bonchev–Trinajstić information content (AvgIpc) is 2.73. The lowest BCUT2D eigenvalue weighted by Gasteiger charge is -2.16. The van der Waals surface area contributed by atoms with Crippen LogP contribution >= 0.6 is 0 Å². The molecule has 1 aromatic rings. The number of aryl methyl sites for hydroxylation is 2. The summed E-state index contributed by atoms with van der Waals surface area (Å²) in [6.07, 6.45) is -3.36. The zero-order valence-corrected chi connectivity index (χ0v) is 12.5. The van der Waals surface area contributed by atoms with Crippen molar-refractivity contribution in [3.8, 4) is 0 Å². The number of ether oxygens (including phenoxy) is 1. The third kappa shape index (κ3) is 3.32. The number of rotatable bonds is 4. The van der Waals surface area contributed by atoms with Crippen molar-refractivity contribution in [2.45, 2.75) is 38.6 Å². The van der Waals surface area contributed by atoms with E-state index >= 15 is 0 Å². The summed E-state index contributed by atoms with van der Waals surface area (Å²) in [5, 5.41) is 2.07. The maximum absolute atomic E-state index is 12.5. The molecule has 0 radical (unpaired) electrons. The summed E-state index contributed by atoms with van der Waals surface area (Å²) in [4.78, 5) is 11.2. The van der Waals surface area contributed by atoms with E-state index in [2.05, 4.69) is 11.9 Å². The molecule has 0 bridgehead atoms. The number of carbonyl (C=O) groups excluding carboxylic acids is 1. The highest BCUT2D eigenvalue weighted by Crippen LogP contribution is 2.43. The van der Waals surface area contributed by atoms with Crippen molar-refractivity contribution in [2.75, 3.05) is 6.61 Å². The van der Waals surface area contributed by atoms with Gasteiger partial charge < -0.3 is 10.1 Å². The molecule has 1 aromatic carbocycles. The molecule has 2 unspecified atom stereocenters. The Hall–Kier alpha value is -1.82. The zero-order valence-electron chi connectivity index (χ0n) is 12.5. The first-order valence-corrected chi connectivity index (χ1v) is 6.95. The first-order valence-electron chi connectivity index (χ1n) is 6.95. The van der Waals surface area contributed by atoms with Gasteiger partial charge in [-0.3, -0.25) is 4.79 Å². The van der Waals surface area contributed by atoms with Gasteiger partial charge in [0.05, 0.1) is 18.8 Å². The summed E-state index contributed by atoms with van der Waals surface area (Å²) in [6.45, 7) is 7.64. The molecule has 1 aliphatic carbocycles. The van der Waals surface area contributed by atoms with Crippen LogP contribution in [0.4, 0.5) is 13.2 Å². The van der Waals surface area contributed by atoms with Gasteiger partial charge in [0.2, 0.25) is 0 Å². The number of amides is 1. The molecule has 2 rings (SSSR count). The second-order valence-corrected chi connectivity index (χ2v) is 5.45. The van der Waals surface area contributed by atoms with Crippen molar-refractivity contribution < 1.29 is 22.7 Å². The van der Waals surface area contributed by atoms with Crippen LogP contribution < -0.4 is 5.32 Å². The third-order valence-electron chi connectivity index (χ3n) is 3.69. The molecule has 0 spiro atoms. The highest BCUT2D eigenvalue weighted by molar-refractivity contribution is 5.82. The van der Waals surface area contributed by atoms with E-state index in [-0.39, 0.29) is 12.5 Å². The number of hydrogen-bond donors (Lipinski definition) is 1. The molecule has 1 aliphatic rings. The quantitative estimate of drug-likeness (QED) is 0.861. The second-order valence-electron chi connectivity index (χ2n) is 5.45. The van der Waals surface area contributed by atoms with Crippen LogP contribution in [-0.4, -0.2) is 18.7 Å². The molecular weight excluding hydrogens is 295 g/mol. The van der Waals surface area contributed by atoms with E-state index in [0.29, 0.717) is 12.2 Å². The molecule has 2 atom stereocenters. The molecule has 0 fully saturated rings. The van der Waals surface area contributed by atoms with E-state index in [1.54, 1.807) is 12.1 Å². The Morgan fingerprint density at radius 1 is 1.45 bits per heavy atom. The highest BCUT2D eigenvalue weighted by Gasteiger charge is 2.42. The Bertz CT molecular complexity index is 596. The van der Waals surface area contributed by atoms with Crippen molar-refractivity contribution in [1.82, 2.24) is 5.32 Å². The topological polar surface area (TPSA) is 38.3 Å². The van der Waals surface area contributed by atoms with Crippen LogP contribution in [-0.2, 0) is 9.53 Å². The Morgan fingerprint density at radius 3 is 2.73 bits per heavy atom. The average molecular weight is 313 g/mol. The number of halogens is 3. The van der Waals surface area contributed by atoms with Gasteiger partial charge in [0, 0.05) is 6.42 Å². The van der Waals surface area contributed by atoms with Gasteiger partial charge in [0.25, 0.3) is 0 Å². The first kappa shape index (κ1) is 16.5. The minimum absolute atomic E-state index is 0.287. The summed E-state index contributed by atoms with van der Waals surface area (Å²) in [5.41, 5.74) is 3.45. The molecule has 3 nitrogen and oxygen atoms in total. The van der Waals surface area contributed by atoms with Crippen molar-refractivity contribution in [3.05, 3.63) is 47.0 Å². The number of nitrogens with one attached hydrogen (secondary N) is 1. The number of hydrogen-bond acceptors (Lipinski definition) is 2. The van der Waals surface area contributed by atoms with Crippen LogP contribution in [0.1, 0.15) is 40.8 Å². The Labute approximate surface area is 127 Å². The van der Waals surface area contributed by atoms with Crippen molar-refractivity contribution >= 4 is 5.91 Å². The summed E-state index contributed by atoms with van der Waals surface area (Å²) in [5.74, 6) is -1.92. The number of benzene rings is 1. The van der Waals surface area contributed by atoms with Gasteiger partial charge >= 0.3 is 12.1 Å². The molecule has 0 saturated heterocycles. The summed E-state index contributed by atoms with van der Waals surface area (Å²) in [7, 11) is 0. The van der Waals surface area contributed by atoms with E-state index in [4.69, 9.17) is 4.74 Å². The van der Waals surface area contributed by atoms with E-state index in [1.165, 1.54) is 0 Å². The van der Waals surface area contributed by atoms with Crippen LogP contribution in [0.2, 0.25) is 0 Å². The van der Waals surface area contributed by atoms with Gasteiger partial charge in [0.1, 0.15) is 0 Å². The molecule has 1 amide bonds. The maximum atomic E-state index is 12.5. The van der Waals surface area contributed by atoms with Crippen LogP contribution in [0.5, 0.6) is 0 Å². The fourth-order valence-electron chi connectivity index (χ4n) is 2.91. The Kier molecular flexibility index (Phi) is 4.60. The molecule has 22 heavy (non-hydrogen) atoms. The molecule has 120 valence electrons. The second kappa shape index (κ2) is 6.12. The van der Waals surface area contributed by atoms with Crippen LogP contribution in [0.15, 0.2) is 24.8 Å². The predicted octanol–water partition coefficient (Wildman–Crippen LogP) is 3.67. The fourth-order valence-corrected chi connectivity index (χ4v) is 2.91. The lowest BCUT2D eigenvalue weighted by atomic mass is 9.99. The van der Waals surface area contributed by atoms with Gasteiger partial charge in [-0.15, -0.1) is 6.58 Å². The van der Waals surface area contributed by atoms with Crippen molar-refractivity contribution in [3.63, 3.8) is 0 Å². The summed E-state index contributed by atoms with van der Waals surface area (Å²) < 4.78 is 43.1. The van der Waals surface area contributed by atoms with Crippen LogP contribution in [0.25, 0.3) is 0 Å². The first-order chi connectivity index (χ1) is 10.2. The minimum atomic E-state index is -4.89. The molecule has 0 heterocycles. The third-order valence-corrected chi connectivity index (χ3v) is 3.69. The van der Waals surface area contributed by atoms with Crippen molar-refractivity contribution in [1.29, 1.82) is 0 Å². The molecule has 0 aliphatic heterocycles. The molecule has 1 N–H and O–H groups in total. The normalized spacial score (nSPS) is 20.6. The molecule has 0 saturated carbocycles. The summed E-state index contributed by atoms with van der Waals surface area (Å²) >= 11 is 0. The lowest BCUT2D eigenvalue weighted by Crippen LogP contribution is -2.38. The lowest BCUT2D eigenvalue weighted by molar-refractivity contribution is -0.174. The molecule has 6 heteroatoms. The van der Waals surface area contributed by atoms with Gasteiger partial charge in [-0.2, -0.15) is 13.2 Å². The SMILES string of the molecule is C=CCOC1CC(NC(=O)C(F)(F)F)c2cc(C)cc(C)c21. The smallest absolute Gasteiger partial charge is 0.369 e. The van der Waals surface area contributed by atoms with E-state index < -0.39 is 18.1 Å². The number of carbonyl (C=O) groups is 1. The highest BCUT2D eigenvalue weighted by atomic mass is 19.4. The fraction of sp³-hybridized carbons (Fsp3) is 0.438. The monoisotopic (exact) mass is 313 g/mol. The van der Waals surface area contributed by atoms with E-state index in [1.807, 2.05) is 19.9 Å². The zero-order chi connectivity index (χ0) is 16.5. The van der Waals surface area contributed by atoms with Crippen molar-refractivity contribution in [2.24, 2.45) is 0 Å². The Morgan fingerprint density at radius 2 is 2.14 bits per heavy atom. The van der Waals surface area contributed by atoms with E-state index in [0.717, 1.165) is 16.7 Å². The van der Waals surface area contributed by atoms with Gasteiger partial charge in [-0.1, -0.05) is 23.8 Å². The maximum Gasteiger partial charge on any atom is 0.471 e. The van der Waals surface area contributed by atoms with E-state index in [9.17, 15) is 18.0 Å². The number of fused-ring (bicyclic) bond motifs is 1. The minimum Gasteiger partial charge on any atom is -0.369 e. The molecular formula is C16H18F3NO2. The predicted molar refractivity (Wildman–Crippen MR) is 76.4 cm³/mol. The molecule has 0 aromatic heterocycles.